The van der Waals surface area contributed by atoms with Gasteiger partial charge in [-0.3, -0.25) is 4.79 Å². The number of hydrogen-bond acceptors (Lipinski definition) is 3. The highest BCUT2D eigenvalue weighted by molar-refractivity contribution is 5.91. The predicted octanol–water partition coefficient (Wildman–Crippen LogP) is 1.74. The van der Waals surface area contributed by atoms with E-state index >= 15 is 0 Å². The van der Waals surface area contributed by atoms with E-state index in [0.717, 1.165) is 13.1 Å². The second kappa shape index (κ2) is 4.92. The summed E-state index contributed by atoms with van der Waals surface area (Å²) in [6.07, 6.45) is 1.54. The molecule has 2 atom stereocenters. The molecule has 1 aromatic heterocycles. The minimum absolute atomic E-state index is 0.00495. The van der Waals surface area contributed by atoms with Crippen LogP contribution in [0.1, 0.15) is 31.3 Å². The first-order valence-electron chi connectivity index (χ1n) is 6.17. The summed E-state index contributed by atoms with van der Waals surface area (Å²) in [5.41, 5.74) is 0. The molecule has 4 nitrogen and oxygen atoms in total. The van der Waals surface area contributed by atoms with Crippen LogP contribution in [0.25, 0.3) is 0 Å². The number of nitrogens with zero attached hydrogens (tertiary/aromatic N) is 1. The van der Waals surface area contributed by atoms with Crippen LogP contribution in [0.2, 0.25) is 0 Å². The summed E-state index contributed by atoms with van der Waals surface area (Å²) >= 11 is 0. The molecular formula is C13H20N2O2. The van der Waals surface area contributed by atoms with Crippen molar-refractivity contribution in [2.24, 2.45) is 5.92 Å². The lowest BCUT2D eigenvalue weighted by Crippen LogP contribution is -2.58. The van der Waals surface area contributed by atoms with Crippen molar-refractivity contribution in [1.29, 1.82) is 0 Å². The molecule has 2 unspecified atom stereocenters. The van der Waals surface area contributed by atoms with Gasteiger partial charge in [-0.05, 0) is 25.0 Å². The molecule has 1 aliphatic rings. The van der Waals surface area contributed by atoms with Gasteiger partial charge in [0, 0.05) is 25.2 Å². The molecule has 2 heterocycles. The number of carbonyl (C=O) groups is 1. The Morgan fingerprint density at radius 3 is 2.94 bits per heavy atom. The Hall–Kier alpha value is -1.29. The van der Waals surface area contributed by atoms with Crippen molar-refractivity contribution < 1.29 is 9.21 Å². The molecule has 1 fully saturated rings. The van der Waals surface area contributed by atoms with E-state index < -0.39 is 0 Å². The Morgan fingerprint density at radius 1 is 1.59 bits per heavy atom. The third kappa shape index (κ3) is 2.52. The van der Waals surface area contributed by atoms with Gasteiger partial charge in [0.25, 0.3) is 5.91 Å². The minimum Gasteiger partial charge on any atom is -0.459 e. The fourth-order valence-electron chi connectivity index (χ4n) is 2.16. The van der Waals surface area contributed by atoms with E-state index in [1.165, 1.54) is 0 Å². The van der Waals surface area contributed by atoms with Gasteiger partial charge in [-0.25, -0.2) is 0 Å². The molecule has 0 radical (unpaired) electrons. The zero-order chi connectivity index (χ0) is 12.4. The first kappa shape index (κ1) is 12.2. The lowest BCUT2D eigenvalue weighted by Gasteiger charge is -2.40. The summed E-state index contributed by atoms with van der Waals surface area (Å²) in [5.74, 6) is 0.949. The largest absolute Gasteiger partial charge is 0.459 e. The lowest BCUT2D eigenvalue weighted by molar-refractivity contribution is 0.0548. The average Bonchev–Trinajstić information content (AvgIpc) is 2.81. The first-order valence-corrected chi connectivity index (χ1v) is 6.17. The molecule has 1 N–H and O–H groups in total. The van der Waals surface area contributed by atoms with Crippen LogP contribution in [0.4, 0.5) is 0 Å². The van der Waals surface area contributed by atoms with Crippen molar-refractivity contribution in [3.8, 4) is 0 Å². The molecule has 4 heteroatoms. The molecule has 0 saturated carbocycles. The number of nitrogens with one attached hydrogen (secondary N) is 1. The van der Waals surface area contributed by atoms with E-state index in [-0.39, 0.29) is 11.9 Å². The van der Waals surface area contributed by atoms with Crippen LogP contribution >= 0.6 is 0 Å². The summed E-state index contributed by atoms with van der Waals surface area (Å²) in [5, 5.41) is 3.47. The van der Waals surface area contributed by atoms with Crippen molar-refractivity contribution >= 4 is 5.91 Å². The predicted molar refractivity (Wildman–Crippen MR) is 65.8 cm³/mol. The van der Waals surface area contributed by atoms with Crippen molar-refractivity contribution in [3.05, 3.63) is 24.2 Å². The second-order valence-electron chi connectivity index (χ2n) is 5.04. The minimum atomic E-state index is -0.00495. The monoisotopic (exact) mass is 236 g/mol. The van der Waals surface area contributed by atoms with Crippen molar-refractivity contribution in [1.82, 2.24) is 10.2 Å². The molecule has 17 heavy (non-hydrogen) atoms. The smallest absolute Gasteiger partial charge is 0.289 e. The zero-order valence-corrected chi connectivity index (χ0v) is 10.6. The fraction of sp³-hybridized carbons (Fsp3) is 0.615. The van der Waals surface area contributed by atoms with Crippen molar-refractivity contribution in [2.45, 2.75) is 32.9 Å². The third-order valence-corrected chi connectivity index (χ3v) is 3.40. The van der Waals surface area contributed by atoms with Crippen LogP contribution in [-0.4, -0.2) is 36.0 Å². The molecule has 0 bridgehead atoms. The van der Waals surface area contributed by atoms with Crippen molar-refractivity contribution in [2.75, 3.05) is 13.1 Å². The number of hydrogen-bond donors (Lipinski definition) is 1. The Kier molecular flexibility index (Phi) is 3.52. The van der Waals surface area contributed by atoms with Crippen LogP contribution in [0, 0.1) is 5.92 Å². The Bertz CT molecular complexity index is 373. The van der Waals surface area contributed by atoms with E-state index in [1.54, 1.807) is 18.4 Å². The van der Waals surface area contributed by atoms with Gasteiger partial charge in [-0.2, -0.15) is 0 Å². The molecule has 1 aliphatic heterocycles. The Balaban J connectivity index is 2.10. The molecule has 1 aromatic rings. The summed E-state index contributed by atoms with van der Waals surface area (Å²) in [7, 11) is 0. The van der Waals surface area contributed by atoms with Gasteiger partial charge in [0.1, 0.15) is 0 Å². The van der Waals surface area contributed by atoms with E-state index in [1.807, 2.05) is 4.90 Å². The highest BCUT2D eigenvalue weighted by atomic mass is 16.3. The number of rotatable bonds is 2. The van der Waals surface area contributed by atoms with Crippen LogP contribution in [-0.2, 0) is 0 Å². The molecule has 2 rings (SSSR count). The fourth-order valence-corrected chi connectivity index (χ4v) is 2.16. The quantitative estimate of drug-likeness (QED) is 0.850. The summed E-state index contributed by atoms with van der Waals surface area (Å²) in [4.78, 5) is 14.1. The van der Waals surface area contributed by atoms with Gasteiger partial charge < -0.3 is 14.6 Å². The van der Waals surface area contributed by atoms with Crippen LogP contribution < -0.4 is 5.32 Å². The molecule has 0 spiro atoms. The van der Waals surface area contributed by atoms with E-state index in [9.17, 15) is 4.79 Å². The molecule has 0 aromatic carbocycles. The van der Waals surface area contributed by atoms with Gasteiger partial charge in [0.15, 0.2) is 5.76 Å². The summed E-state index contributed by atoms with van der Waals surface area (Å²) in [6, 6.07) is 4.05. The van der Waals surface area contributed by atoms with Gasteiger partial charge in [-0.1, -0.05) is 13.8 Å². The van der Waals surface area contributed by atoms with Gasteiger partial charge in [0.2, 0.25) is 0 Å². The number of amides is 1. The van der Waals surface area contributed by atoms with E-state index in [0.29, 0.717) is 17.7 Å². The van der Waals surface area contributed by atoms with Gasteiger partial charge in [0.05, 0.1) is 6.26 Å². The maximum atomic E-state index is 12.2. The maximum absolute atomic E-state index is 12.2. The highest BCUT2D eigenvalue weighted by Crippen LogP contribution is 2.16. The summed E-state index contributed by atoms with van der Waals surface area (Å²) < 4.78 is 5.18. The zero-order valence-electron chi connectivity index (χ0n) is 10.6. The Morgan fingerprint density at radius 2 is 2.35 bits per heavy atom. The van der Waals surface area contributed by atoms with Crippen LogP contribution in [0.3, 0.4) is 0 Å². The van der Waals surface area contributed by atoms with Gasteiger partial charge in [-0.15, -0.1) is 0 Å². The molecule has 1 amide bonds. The lowest BCUT2D eigenvalue weighted by atomic mass is 9.99. The SMILES string of the molecule is CC(C)C1CN(C(=O)c2ccco2)C(C)CN1. The topological polar surface area (TPSA) is 45.5 Å². The standard InChI is InChI=1S/C13H20N2O2/c1-9(2)11-8-15(10(3)7-14-11)13(16)12-5-4-6-17-12/h4-6,9-11,14H,7-8H2,1-3H3. The van der Waals surface area contributed by atoms with E-state index in [4.69, 9.17) is 4.42 Å². The normalized spacial score (nSPS) is 25.3. The molecular weight excluding hydrogens is 216 g/mol. The Labute approximate surface area is 102 Å². The van der Waals surface area contributed by atoms with Crippen LogP contribution in [0.15, 0.2) is 22.8 Å². The number of carbonyl (C=O) groups excluding carboxylic acids is 1. The molecule has 94 valence electrons. The second-order valence-corrected chi connectivity index (χ2v) is 5.04. The number of piperazine rings is 1. The molecule has 0 aliphatic carbocycles. The van der Waals surface area contributed by atoms with E-state index in [2.05, 4.69) is 26.1 Å². The van der Waals surface area contributed by atoms with Gasteiger partial charge >= 0.3 is 0 Å². The average molecular weight is 236 g/mol. The first-order chi connectivity index (χ1) is 8.09. The molecule has 1 saturated heterocycles. The number of furan rings is 1. The maximum Gasteiger partial charge on any atom is 0.289 e. The van der Waals surface area contributed by atoms with Crippen LogP contribution in [0.5, 0.6) is 0 Å². The third-order valence-electron chi connectivity index (χ3n) is 3.40. The summed E-state index contributed by atoms with van der Waals surface area (Å²) in [6.45, 7) is 7.99. The van der Waals surface area contributed by atoms with Crippen molar-refractivity contribution in [3.63, 3.8) is 0 Å². The highest BCUT2D eigenvalue weighted by Gasteiger charge is 2.31.